The molecule has 0 radical (unpaired) electrons. The Balaban J connectivity index is 1.32. The predicted octanol–water partition coefficient (Wildman–Crippen LogP) is 10.1. The highest BCUT2D eigenvalue weighted by Crippen LogP contribution is 2.43. The third-order valence-corrected chi connectivity index (χ3v) is 10.7. The summed E-state index contributed by atoms with van der Waals surface area (Å²) in [5, 5.41) is 1.33. The Morgan fingerprint density at radius 3 is 1.69 bits per heavy atom. The number of nitrogens with zero attached hydrogens (tertiary/aromatic N) is 6. The molecule has 10 rings (SSSR count). The van der Waals surface area contributed by atoms with Crippen molar-refractivity contribution in [1.29, 1.82) is 0 Å². The van der Waals surface area contributed by atoms with E-state index in [0.29, 0.717) is 0 Å². The number of benzene rings is 4. The summed E-state index contributed by atoms with van der Waals surface area (Å²) in [5.41, 5.74) is 15.3. The number of para-hydroxylation sites is 1. The molecule has 0 bridgehead atoms. The minimum atomic E-state index is 0.249. The topological polar surface area (TPSA) is 42.8 Å². The molecular formula is C45H36N6. The summed E-state index contributed by atoms with van der Waals surface area (Å²) in [4.78, 5) is 13.1. The lowest BCUT2D eigenvalue weighted by molar-refractivity contribution is 0.241. The van der Waals surface area contributed by atoms with Crippen molar-refractivity contribution in [1.82, 2.24) is 28.2 Å². The van der Waals surface area contributed by atoms with Gasteiger partial charge >= 0.3 is 0 Å². The Labute approximate surface area is 296 Å². The van der Waals surface area contributed by atoms with E-state index in [0.717, 1.165) is 75.0 Å². The molecule has 0 saturated carbocycles. The minimum Gasteiger partial charge on any atom is -0.312 e. The van der Waals surface area contributed by atoms with Crippen LogP contribution in [-0.4, -0.2) is 41.8 Å². The van der Waals surface area contributed by atoms with Crippen molar-refractivity contribution in [2.75, 3.05) is 13.6 Å². The maximum Gasteiger partial charge on any atom is 0.137 e. The average molecular weight is 661 g/mol. The first-order chi connectivity index (χ1) is 25.1. The number of rotatable bonds is 5. The highest BCUT2D eigenvalue weighted by atomic mass is 15.2. The fourth-order valence-corrected chi connectivity index (χ4v) is 8.15. The number of fused-ring (bicyclic) bond motifs is 5. The SMILES string of the molecule is CC1c2c(c3ccccc3n2-c2cc(-c3nc4ccccn4c3-c3ccccc3)cc(-c3nc4ccccn4c3-c3ccccc3)c2)CCN1C. The lowest BCUT2D eigenvalue weighted by Gasteiger charge is -2.32. The zero-order valence-electron chi connectivity index (χ0n) is 28.6. The molecule has 0 fully saturated rings. The third-order valence-electron chi connectivity index (χ3n) is 10.7. The summed E-state index contributed by atoms with van der Waals surface area (Å²) in [6.07, 6.45) is 5.25. The highest BCUT2D eigenvalue weighted by molar-refractivity contribution is 5.91. The van der Waals surface area contributed by atoms with Gasteiger partial charge in [0, 0.05) is 64.0 Å². The number of imidazole rings is 2. The summed E-state index contributed by atoms with van der Waals surface area (Å²) in [7, 11) is 2.24. The summed E-state index contributed by atoms with van der Waals surface area (Å²) >= 11 is 0. The van der Waals surface area contributed by atoms with Gasteiger partial charge in [0.25, 0.3) is 0 Å². The normalized spacial score (nSPS) is 14.8. The van der Waals surface area contributed by atoms with Crippen molar-refractivity contribution in [2.45, 2.75) is 19.4 Å². The van der Waals surface area contributed by atoms with Crippen LogP contribution in [0.15, 0.2) is 152 Å². The van der Waals surface area contributed by atoms with Crippen LogP contribution in [0.4, 0.5) is 0 Å². The third kappa shape index (κ3) is 4.68. The van der Waals surface area contributed by atoms with Crippen molar-refractivity contribution >= 4 is 22.2 Å². The van der Waals surface area contributed by atoms with E-state index in [-0.39, 0.29) is 6.04 Å². The van der Waals surface area contributed by atoms with Gasteiger partial charge in [-0.25, -0.2) is 9.97 Å². The predicted molar refractivity (Wildman–Crippen MR) is 207 cm³/mol. The molecule has 51 heavy (non-hydrogen) atoms. The summed E-state index contributed by atoms with van der Waals surface area (Å²) in [5.74, 6) is 0. The highest BCUT2D eigenvalue weighted by Gasteiger charge is 2.30. The van der Waals surface area contributed by atoms with Crippen LogP contribution in [0.2, 0.25) is 0 Å². The minimum absolute atomic E-state index is 0.249. The van der Waals surface area contributed by atoms with Gasteiger partial charge in [-0.3, -0.25) is 13.7 Å². The first-order valence-electron chi connectivity index (χ1n) is 17.7. The molecule has 5 aromatic heterocycles. The number of hydrogen-bond acceptors (Lipinski definition) is 3. The van der Waals surface area contributed by atoms with Crippen LogP contribution in [0.5, 0.6) is 0 Å². The van der Waals surface area contributed by atoms with E-state index in [4.69, 9.17) is 9.97 Å². The lowest BCUT2D eigenvalue weighted by atomic mass is 9.97. The Morgan fingerprint density at radius 2 is 1.10 bits per heavy atom. The van der Waals surface area contributed by atoms with Gasteiger partial charge < -0.3 is 4.57 Å². The van der Waals surface area contributed by atoms with Gasteiger partial charge in [0.15, 0.2) is 0 Å². The van der Waals surface area contributed by atoms with E-state index in [1.165, 1.54) is 22.2 Å². The Hall–Kier alpha value is -6.24. The van der Waals surface area contributed by atoms with Crippen molar-refractivity contribution in [3.05, 3.63) is 163 Å². The smallest absolute Gasteiger partial charge is 0.137 e. The first kappa shape index (κ1) is 29.7. The molecule has 6 nitrogen and oxygen atoms in total. The van der Waals surface area contributed by atoms with Crippen LogP contribution in [-0.2, 0) is 6.42 Å². The first-order valence-corrected chi connectivity index (χ1v) is 17.7. The molecule has 1 atom stereocenters. The molecular weight excluding hydrogens is 625 g/mol. The Bertz CT molecular complexity index is 2600. The van der Waals surface area contributed by atoms with Crippen molar-refractivity contribution in [3.63, 3.8) is 0 Å². The van der Waals surface area contributed by atoms with Gasteiger partial charge in [0.1, 0.15) is 11.3 Å². The molecule has 0 aliphatic carbocycles. The molecule has 0 amide bonds. The molecule has 1 aliphatic rings. The van der Waals surface area contributed by atoms with E-state index in [1.807, 2.05) is 0 Å². The van der Waals surface area contributed by atoms with Crippen LogP contribution in [0, 0.1) is 0 Å². The fourth-order valence-electron chi connectivity index (χ4n) is 8.15. The Morgan fingerprint density at radius 1 is 0.569 bits per heavy atom. The fraction of sp³-hybridized carbons (Fsp3) is 0.111. The monoisotopic (exact) mass is 660 g/mol. The van der Waals surface area contributed by atoms with Gasteiger partial charge in [0.05, 0.1) is 28.3 Å². The maximum atomic E-state index is 5.34. The van der Waals surface area contributed by atoms with Crippen LogP contribution in [0.3, 0.4) is 0 Å². The summed E-state index contributed by atoms with van der Waals surface area (Å²) < 4.78 is 6.93. The van der Waals surface area contributed by atoms with E-state index in [1.54, 1.807) is 0 Å². The van der Waals surface area contributed by atoms with Gasteiger partial charge in [-0.1, -0.05) is 91.0 Å². The number of likely N-dealkylation sites (N-methyl/N-ethyl adjacent to an activating group) is 1. The summed E-state index contributed by atoms with van der Waals surface area (Å²) in [6, 6.07) is 49.8. The van der Waals surface area contributed by atoms with Crippen molar-refractivity contribution < 1.29 is 0 Å². The van der Waals surface area contributed by atoms with Crippen molar-refractivity contribution in [2.24, 2.45) is 0 Å². The molecule has 4 aromatic carbocycles. The van der Waals surface area contributed by atoms with Gasteiger partial charge in [-0.2, -0.15) is 0 Å². The second-order valence-electron chi connectivity index (χ2n) is 13.6. The molecule has 6 heteroatoms. The molecule has 0 saturated heterocycles. The van der Waals surface area contributed by atoms with E-state index >= 15 is 0 Å². The van der Waals surface area contributed by atoms with Crippen LogP contribution >= 0.6 is 0 Å². The van der Waals surface area contributed by atoms with E-state index in [2.05, 4.69) is 184 Å². The number of aromatic nitrogens is 5. The molecule has 6 heterocycles. The standard InChI is InChI=1S/C45H36N6/c1-30-43-37(23-26-48(30)2)36-19-9-10-20-38(36)51(43)35-28-33(41-44(31-15-5-3-6-16-31)49-24-13-11-21-39(49)46-41)27-34(29-35)42-45(32-17-7-4-8-18-32)50-25-14-12-22-40(50)47-42/h3-22,24-25,27-30H,23,26H2,1-2H3. The Kier molecular flexibility index (Phi) is 6.79. The summed E-state index contributed by atoms with van der Waals surface area (Å²) in [6.45, 7) is 3.38. The van der Waals surface area contributed by atoms with Crippen LogP contribution < -0.4 is 0 Å². The molecule has 0 spiro atoms. The zero-order chi connectivity index (χ0) is 34.1. The van der Waals surface area contributed by atoms with Gasteiger partial charge in [0.2, 0.25) is 0 Å². The van der Waals surface area contributed by atoms with Crippen molar-refractivity contribution in [3.8, 4) is 50.7 Å². The lowest BCUT2D eigenvalue weighted by Crippen LogP contribution is -2.31. The van der Waals surface area contributed by atoms with Crippen LogP contribution in [0.25, 0.3) is 72.9 Å². The molecule has 1 unspecified atom stereocenters. The van der Waals surface area contributed by atoms with E-state index in [9.17, 15) is 0 Å². The number of pyridine rings is 2. The largest absolute Gasteiger partial charge is 0.312 e. The molecule has 0 N–H and O–H groups in total. The van der Waals surface area contributed by atoms with Gasteiger partial charge in [-0.15, -0.1) is 0 Å². The zero-order valence-corrected chi connectivity index (χ0v) is 28.6. The quantitative estimate of drug-likeness (QED) is 0.185. The maximum absolute atomic E-state index is 5.34. The molecule has 9 aromatic rings. The van der Waals surface area contributed by atoms with Gasteiger partial charge in [-0.05, 0) is 74.5 Å². The van der Waals surface area contributed by atoms with E-state index < -0.39 is 0 Å². The van der Waals surface area contributed by atoms with Crippen LogP contribution in [0.1, 0.15) is 24.2 Å². The second-order valence-corrected chi connectivity index (χ2v) is 13.6. The second kappa shape index (κ2) is 11.7. The average Bonchev–Trinajstić information content (AvgIpc) is 3.87. The number of hydrogen-bond donors (Lipinski definition) is 0. The molecule has 246 valence electrons. The molecule has 1 aliphatic heterocycles.